The summed E-state index contributed by atoms with van der Waals surface area (Å²) in [5, 5.41) is 30.7. The lowest BCUT2D eigenvalue weighted by molar-refractivity contribution is -0.384. The number of benzene rings is 1. The second-order valence-electron chi connectivity index (χ2n) is 6.65. The van der Waals surface area contributed by atoms with E-state index in [2.05, 4.69) is 15.6 Å². The van der Waals surface area contributed by atoms with E-state index in [1.807, 2.05) is 0 Å². The maximum atomic E-state index is 12.3. The summed E-state index contributed by atoms with van der Waals surface area (Å²) in [6, 6.07) is 5.78. The predicted octanol–water partition coefficient (Wildman–Crippen LogP) is 1.94. The number of carboxylic acids is 1. The van der Waals surface area contributed by atoms with Gasteiger partial charge in [0.15, 0.2) is 5.69 Å². The molecule has 0 aliphatic heterocycles. The number of hydrogen-bond donors (Lipinski definition) is 2. The van der Waals surface area contributed by atoms with Crippen molar-refractivity contribution in [3.8, 4) is 5.69 Å². The third-order valence-electron chi connectivity index (χ3n) is 4.88. The van der Waals surface area contributed by atoms with E-state index in [-0.39, 0.29) is 17.9 Å². The maximum Gasteiger partial charge on any atom is 0.311 e. The normalized spacial score (nSPS) is 15.9. The Hall–Kier alpha value is -3.30. The van der Waals surface area contributed by atoms with E-state index < -0.39 is 22.2 Å². The topological polar surface area (TPSA) is 140 Å². The number of nitrogens with one attached hydrogen (secondary N) is 1. The van der Waals surface area contributed by atoms with E-state index in [4.69, 9.17) is 0 Å². The highest BCUT2D eigenvalue weighted by atomic mass is 16.6. The van der Waals surface area contributed by atoms with Gasteiger partial charge in [-0.2, -0.15) is 0 Å². The first-order chi connectivity index (χ1) is 12.9. The number of carboxylic acid groups (broad SMARTS) is 1. The molecule has 1 amide bonds. The van der Waals surface area contributed by atoms with Gasteiger partial charge in [0.1, 0.15) is 0 Å². The number of rotatable bonds is 6. The van der Waals surface area contributed by atoms with Gasteiger partial charge in [0, 0.05) is 18.7 Å². The van der Waals surface area contributed by atoms with Crippen molar-refractivity contribution in [1.82, 2.24) is 20.3 Å². The van der Waals surface area contributed by atoms with Gasteiger partial charge in [-0.15, -0.1) is 5.10 Å². The molecule has 1 saturated carbocycles. The predicted molar refractivity (Wildman–Crippen MR) is 93.5 cm³/mol. The summed E-state index contributed by atoms with van der Waals surface area (Å²) in [6.45, 7) is 0.0326. The Bertz CT molecular complexity index is 872. The first-order valence-corrected chi connectivity index (χ1v) is 8.60. The molecule has 1 fully saturated rings. The first-order valence-electron chi connectivity index (χ1n) is 8.60. The van der Waals surface area contributed by atoms with Crippen LogP contribution < -0.4 is 5.32 Å². The molecule has 10 heteroatoms. The molecule has 0 atom stereocenters. The third-order valence-corrected chi connectivity index (χ3v) is 4.88. The van der Waals surface area contributed by atoms with Gasteiger partial charge in [0.2, 0.25) is 0 Å². The summed E-state index contributed by atoms with van der Waals surface area (Å²) in [5.41, 5.74) is -0.637. The molecule has 10 nitrogen and oxygen atoms in total. The molecule has 1 aromatic carbocycles. The number of nitro benzene ring substituents is 1. The van der Waals surface area contributed by atoms with E-state index >= 15 is 0 Å². The van der Waals surface area contributed by atoms with Gasteiger partial charge >= 0.3 is 5.97 Å². The molecule has 0 saturated heterocycles. The highest BCUT2D eigenvalue weighted by Crippen LogP contribution is 2.36. The van der Waals surface area contributed by atoms with Crippen LogP contribution >= 0.6 is 0 Å². The fraction of sp³-hybridized carbons (Fsp3) is 0.412. The number of hydrogen-bond acceptors (Lipinski definition) is 6. The minimum atomic E-state index is -0.941. The average molecular weight is 373 g/mol. The first kappa shape index (κ1) is 18.5. The standard InChI is InChI=1S/C17H19N5O5/c23-15(18-11-17(16(24)25)7-2-1-3-8-17)14-10-21(20-19-14)12-5-4-6-13(9-12)22(26)27/h4-6,9-10H,1-3,7-8,11H2,(H,18,23)(H,24,25). The zero-order valence-electron chi connectivity index (χ0n) is 14.5. The number of nitrogens with zero attached hydrogens (tertiary/aromatic N) is 4. The summed E-state index contributed by atoms with van der Waals surface area (Å²) in [6.07, 6.45) is 5.06. The van der Waals surface area contributed by atoms with Crippen molar-refractivity contribution >= 4 is 17.6 Å². The molecule has 0 radical (unpaired) electrons. The molecule has 27 heavy (non-hydrogen) atoms. The van der Waals surface area contributed by atoms with Gasteiger partial charge in [0.25, 0.3) is 11.6 Å². The van der Waals surface area contributed by atoms with Gasteiger partial charge in [0.05, 0.1) is 22.2 Å². The molecular formula is C17H19N5O5. The van der Waals surface area contributed by atoms with Crippen LogP contribution in [0.15, 0.2) is 30.5 Å². The zero-order valence-corrected chi connectivity index (χ0v) is 14.5. The quantitative estimate of drug-likeness (QED) is 0.582. The van der Waals surface area contributed by atoms with Crippen molar-refractivity contribution in [3.05, 3.63) is 46.3 Å². The van der Waals surface area contributed by atoms with Crippen LogP contribution in [0, 0.1) is 15.5 Å². The number of carbonyl (C=O) groups excluding carboxylic acids is 1. The third kappa shape index (κ3) is 3.94. The average Bonchev–Trinajstić information content (AvgIpc) is 3.17. The molecule has 1 aliphatic rings. The van der Waals surface area contributed by atoms with Gasteiger partial charge in [-0.05, 0) is 18.9 Å². The molecular weight excluding hydrogens is 354 g/mol. The van der Waals surface area contributed by atoms with Crippen LogP contribution in [0.2, 0.25) is 0 Å². The van der Waals surface area contributed by atoms with Crippen molar-refractivity contribution in [1.29, 1.82) is 0 Å². The summed E-state index contributed by atoms with van der Waals surface area (Å²) in [7, 11) is 0. The molecule has 1 aliphatic carbocycles. The second-order valence-corrected chi connectivity index (χ2v) is 6.65. The van der Waals surface area contributed by atoms with Gasteiger partial charge < -0.3 is 10.4 Å². The highest BCUT2D eigenvalue weighted by Gasteiger charge is 2.40. The Morgan fingerprint density at radius 2 is 2.04 bits per heavy atom. The van der Waals surface area contributed by atoms with Crippen LogP contribution in [-0.2, 0) is 4.79 Å². The minimum Gasteiger partial charge on any atom is -0.481 e. The van der Waals surface area contributed by atoms with Crippen LogP contribution in [0.1, 0.15) is 42.6 Å². The lowest BCUT2D eigenvalue weighted by Gasteiger charge is -2.33. The molecule has 0 spiro atoms. The number of nitro groups is 1. The zero-order chi connectivity index (χ0) is 19.4. The Balaban J connectivity index is 1.71. The summed E-state index contributed by atoms with van der Waals surface area (Å²) in [5.74, 6) is -1.43. The SMILES string of the molecule is O=C(NCC1(C(=O)O)CCCCC1)c1cn(-c2cccc([N+](=O)[O-])c2)nn1. The van der Waals surface area contributed by atoms with Crippen molar-refractivity contribution in [2.24, 2.45) is 5.41 Å². The van der Waals surface area contributed by atoms with Crippen molar-refractivity contribution in [2.75, 3.05) is 6.54 Å². The molecule has 2 N–H and O–H groups in total. The maximum absolute atomic E-state index is 12.3. The van der Waals surface area contributed by atoms with Crippen molar-refractivity contribution in [2.45, 2.75) is 32.1 Å². The minimum absolute atomic E-state index is 0.0119. The van der Waals surface area contributed by atoms with E-state index in [0.717, 1.165) is 19.3 Å². The smallest absolute Gasteiger partial charge is 0.311 e. The number of carbonyl (C=O) groups is 2. The molecule has 1 heterocycles. The van der Waals surface area contributed by atoms with E-state index in [0.29, 0.717) is 18.5 Å². The Labute approximate surface area is 154 Å². The summed E-state index contributed by atoms with van der Waals surface area (Å²) in [4.78, 5) is 34.3. The summed E-state index contributed by atoms with van der Waals surface area (Å²) >= 11 is 0. The van der Waals surface area contributed by atoms with Crippen molar-refractivity contribution in [3.63, 3.8) is 0 Å². The van der Waals surface area contributed by atoms with E-state index in [9.17, 15) is 24.8 Å². The van der Waals surface area contributed by atoms with Crippen LogP contribution in [-0.4, -0.2) is 43.4 Å². The second kappa shape index (κ2) is 7.52. The lowest BCUT2D eigenvalue weighted by Crippen LogP contribution is -2.44. The molecule has 2 aromatic rings. The van der Waals surface area contributed by atoms with Gasteiger partial charge in [-0.1, -0.05) is 30.5 Å². The largest absolute Gasteiger partial charge is 0.481 e. The van der Waals surface area contributed by atoms with Crippen LogP contribution in [0.5, 0.6) is 0 Å². The van der Waals surface area contributed by atoms with Crippen LogP contribution in [0.4, 0.5) is 5.69 Å². The van der Waals surface area contributed by atoms with Gasteiger partial charge in [-0.25, -0.2) is 4.68 Å². The molecule has 0 unspecified atom stereocenters. The highest BCUT2D eigenvalue weighted by molar-refractivity contribution is 5.92. The number of non-ortho nitro benzene ring substituents is 1. The van der Waals surface area contributed by atoms with Gasteiger partial charge in [-0.3, -0.25) is 19.7 Å². The van der Waals surface area contributed by atoms with Crippen molar-refractivity contribution < 1.29 is 19.6 Å². The van der Waals surface area contributed by atoms with Crippen LogP contribution in [0.25, 0.3) is 5.69 Å². The molecule has 0 bridgehead atoms. The van der Waals surface area contributed by atoms with Crippen LogP contribution in [0.3, 0.4) is 0 Å². The van der Waals surface area contributed by atoms with E-state index in [1.54, 1.807) is 6.07 Å². The Morgan fingerprint density at radius 1 is 1.30 bits per heavy atom. The summed E-state index contributed by atoms with van der Waals surface area (Å²) < 4.78 is 1.26. The molecule has 142 valence electrons. The Kier molecular flexibility index (Phi) is 5.15. The fourth-order valence-electron chi connectivity index (χ4n) is 3.28. The number of amides is 1. The number of aliphatic carboxylic acids is 1. The lowest BCUT2D eigenvalue weighted by atomic mass is 9.74. The monoisotopic (exact) mass is 373 g/mol. The van der Waals surface area contributed by atoms with E-state index in [1.165, 1.54) is 29.1 Å². The molecule has 3 rings (SSSR count). The number of aromatic nitrogens is 3. The Morgan fingerprint density at radius 3 is 2.70 bits per heavy atom. The molecule has 1 aromatic heterocycles. The fourth-order valence-corrected chi connectivity index (χ4v) is 3.28.